The highest BCUT2D eigenvalue weighted by atomic mass is 32.1. The van der Waals surface area contributed by atoms with E-state index in [1.165, 1.54) is 87.8 Å². The van der Waals surface area contributed by atoms with Crippen molar-refractivity contribution in [3.8, 4) is 5.75 Å². The molecule has 24 heavy (non-hydrogen) atoms. The summed E-state index contributed by atoms with van der Waals surface area (Å²) in [4.78, 5) is 0. The molecule has 0 N–H and O–H groups in total. The summed E-state index contributed by atoms with van der Waals surface area (Å²) in [5.41, 5.74) is 0. The van der Waals surface area contributed by atoms with Crippen LogP contribution in [0.1, 0.15) is 84.0 Å². The highest BCUT2D eigenvalue weighted by Crippen LogP contribution is 2.24. The summed E-state index contributed by atoms with van der Waals surface area (Å²) in [7, 11) is 0. The van der Waals surface area contributed by atoms with Gasteiger partial charge in [0.25, 0.3) is 0 Å². The first kappa shape index (κ1) is 19.3. The first-order valence-electron chi connectivity index (χ1n) is 9.99. The summed E-state index contributed by atoms with van der Waals surface area (Å²) in [6.07, 6.45) is 16.6. The predicted molar refractivity (Wildman–Crippen MR) is 108 cm³/mol. The molecule has 0 unspecified atom stereocenters. The predicted octanol–water partition coefficient (Wildman–Crippen LogP) is 7.98. The normalized spacial score (nSPS) is 11.2. The van der Waals surface area contributed by atoms with Gasteiger partial charge in [0.2, 0.25) is 0 Å². The monoisotopic (exact) mass is 346 g/mol. The quantitative estimate of drug-likeness (QED) is 0.315. The van der Waals surface area contributed by atoms with E-state index in [1.807, 2.05) is 0 Å². The van der Waals surface area contributed by atoms with Crippen molar-refractivity contribution in [3.05, 3.63) is 29.0 Å². The molecule has 2 heteroatoms. The molecule has 0 saturated carbocycles. The van der Waals surface area contributed by atoms with E-state index in [9.17, 15) is 0 Å². The number of hydrogen-bond donors (Lipinski definition) is 0. The molecule has 2 rings (SSSR count). The van der Waals surface area contributed by atoms with Crippen molar-refractivity contribution >= 4 is 22.1 Å². The number of benzene rings is 1. The van der Waals surface area contributed by atoms with Crippen LogP contribution in [0, 0.1) is 0 Å². The van der Waals surface area contributed by atoms with Gasteiger partial charge in [-0.15, -0.1) is 0 Å². The second-order valence-corrected chi connectivity index (χ2v) is 7.64. The van der Waals surface area contributed by atoms with Crippen molar-refractivity contribution in [2.45, 2.75) is 84.0 Å². The SMILES string of the molecule is CCCCCCCCCCCCCCOc1ccc2cscc2c1. The van der Waals surface area contributed by atoms with Crippen LogP contribution in [0.15, 0.2) is 29.0 Å². The molecule has 0 atom stereocenters. The summed E-state index contributed by atoms with van der Waals surface area (Å²) in [5.74, 6) is 1.02. The van der Waals surface area contributed by atoms with Crippen molar-refractivity contribution < 1.29 is 4.74 Å². The van der Waals surface area contributed by atoms with Crippen LogP contribution in [-0.4, -0.2) is 6.61 Å². The Morgan fingerprint density at radius 3 is 1.96 bits per heavy atom. The number of hydrogen-bond acceptors (Lipinski definition) is 2. The Labute approximate surface area is 152 Å². The van der Waals surface area contributed by atoms with Gasteiger partial charge in [-0.2, -0.15) is 11.3 Å². The zero-order valence-corrected chi connectivity index (χ0v) is 16.2. The Hall–Kier alpha value is -1.02. The van der Waals surface area contributed by atoms with Gasteiger partial charge in [0, 0.05) is 0 Å². The molecule has 0 radical (unpaired) electrons. The van der Waals surface area contributed by atoms with Gasteiger partial charge >= 0.3 is 0 Å². The maximum absolute atomic E-state index is 5.88. The van der Waals surface area contributed by atoms with E-state index < -0.39 is 0 Å². The summed E-state index contributed by atoms with van der Waals surface area (Å²) < 4.78 is 5.88. The van der Waals surface area contributed by atoms with Crippen molar-refractivity contribution in [3.63, 3.8) is 0 Å². The van der Waals surface area contributed by atoms with E-state index in [1.54, 1.807) is 11.3 Å². The van der Waals surface area contributed by atoms with E-state index in [-0.39, 0.29) is 0 Å². The second-order valence-electron chi connectivity index (χ2n) is 6.90. The van der Waals surface area contributed by atoms with E-state index in [4.69, 9.17) is 4.74 Å². The Balaban J connectivity index is 1.39. The fourth-order valence-electron chi connectivity index (χ4n) is 3.17. The maximum atomic E-state index is 5.88. The van der Waals surface area contributed by atoms with Crippen LogP contribution in [0.5, 0.6) is 5.75 Å². The minimum Gasteiger partial charge on any atom is -0.494 e. The van der Waals surface area contributed by atoms with E-state index >= 15 is 0 Å². The van der Waals surface area contributed by atoms with Crippen LogP contribution in [0.25, 0.3) is 10.8 Å². The third-order valence-electron chi connectivity index (χ3n) is 4.71. The van der Waals surface area contributed by atoms with E-state index in [0.29, 0.717) is 0 Å². The summed E-state index contributed by atoms with van der Waals surface area (Å²) >= 11 is 1.75. The molecule has 0 saturated heterocycles. The van der Waals surface area contributed by atoms with Gasteiger partial charge in [-0.25, -0.2) is 0 Å². The number of unbranched alkanes of at least 4 members (excludes halogenated alkanes) is 11. The van der Waals surface area contributed by atoms with Gasteiger partial charge in [0.1, 0.15) is 5.75 Å². The average Bonchev–Trinajstić information content (AvgIpc) is 3.07. The molecule has 1 aromatic heterocycles. The lowest BCUT2D eigenvalue weighted by Gasteiger charge is -2.06. The summed E-state index contributed by atoms with van der Waals surface area (Å²) in [6, 6.07) is 6.41. The van der Waals surface area contributed by atoms with Gasteiger partial charge in [-0.05, 0) is 46.2 Å². The van der Waals surface area contributed by atoms with Gasteiger partial charge in [-0.1, -0.05) is 77.6 Å². The molecule has 0 spiro atoms. The van der Waals surface area contributed by atoms with Gasteiger partial charge < -0.3 is 4.74 Å². The van der Waals surface area contributed by atoms with Gasteiger partial charge in [0.05, 0.1) is 6.61 Å². The van der Waals surface area contributed by atoms with Crippen LogP contribution in [-0.2, 0) is 0 Å². The Morgan fingerprint density at radius 1 is 0.708 bits per heavy atom. The fraction of sp³-hybridized carbons (Fsp3) is 0.636. The Bertz CT molecular complexity index is 546. The Kier molecular flexibility index (Phi) is 9.94. The molecule has 0 aliphatic rings. The van der Waals surface area contributed by atoms with E-state index in [2.05, 4.69) is 35.9 Å². The zero-order chi connectivity index (χ0) is 16.9. The molecule has 1 heterocycles. The minimum absolute atomic E-state index is 0.854. The first-order chi connectivity index (χ1) is 11.9. The van der Waals surface area contributed by atoms with Crippen LogP contribution in [0.4, 0.5) is 0 Å². The molecule has 0 aliphatic heterocycles. The topological polar surface area (TPSA) is 9.23 Å². The molecule has 0 fully saturated rings. The van der Waals surface area contributed by atoms with Crippen molar-refractivity contribution in [2.24, 2.45) is 0 Å². The highest BCUT2D eigenvalue weighted by molar-refractivity contribution is 7.09. The molecular formula is C22H34OS. The molecular weight excluding hydrogens is 312 g/mol. The second kappa shape index (κ2) is 12.4. The minimum atomic E-state index is 0.854. The molecule has 2 aromatic rings. The highest BCUT2D eigenvalue weighted by Gasteiger charge is 1.98. The summed E-state index contributed by atoms with van der Waals surface area (Å²) in [6.45, 7) is 3.14. The smallest absolute Gasteiger partial charge is 0.119 e. The number of thiophene rings is 1. The first-order valence-corrected chi connectivity index (χ1v) is 10.9. The third kappa shape index (κ3) is 7.70. The molecule has 134 valence electrons. The lowest BCUT2D eigenvalue weighted by Crippen LogP contribution is -1.97. The standard InChI is InChI=1S/C22H34OS/c1-2-3-4-5-6-7-8-9-10-11-12-13-16-23-22-15-14-20-18-24-19-21(20)17-22/h14-15,17-19H,2-13,16H2,1H3. The van der Waals surface area contributed by atoms with Crippen LogP contribution >= 0.6 is 11.3 Å². The van der Waals surface area contributed by atoms with Crippen LogP contribution < -0.4 is 4.74 Å². The maximum Gasteiger partial charge on any atom is 0.119 e. The van der Waals surface area contributed by atoms with Crippen LogP contribution in [0.3, 0.4) is 0 Å². The molecule has 0 amide bonds. The van der Waals surface area contributed by atoms with Crippen molar-refractivity contribution in [1.29, 1.82) is 0 Å². The van der Waals surface area contributed by atoms with Crippen molar-refractivity contribution in [1.82, 2.24) is 0 Å². The zero-order valence-electron chi connectivity index (χ0n) is 15.4. The third-order valence-corrected chi connectivity index (χ3v) is 5.49. The van der Waals surface area contributed by atoms with Gasteiger partial charge in [-0.3, -0.25) is 0 Å². The number of rotatable bonds is 14. The van der Waals surface area contributed by atoms with E-state index in [0.717, 1.165) is 12.4 Å². The van der Waals surface area contributed by atoms with Crippen molar-refractivity contribution in [2.75, 3.05) is 6.61 Å². The molecule has 1 nitrogen and oxygen atoms in total. The fourth-order valence-corrected chi connectivity index (χ4v) is 3.95. The van der Waals surface area contributed by atoms with Gasteiger partial charge in [0.15, 0.2) is 0 Å². The largest absolute Gasteiger partial charge is 0.494 e. The molecule has 0 bridgehead atoms. The lowest BCUT2D eigenvalue weighted by atomic mass is 10.1. The molecule has 1 aromatic carbocycles. The lowest BCUT2D eigenvalue weighted by molar-refractivity contribution is 0.304. The average molecular weight is 347 g/mol. The number of fused-ring (bicyclic) bond motifs is 1. The summed E-state index contributed by atoms with van der Waals surface area (Å²) in [5, 5.41) is 6.99. The van der Waals surface area contributed by atoms with Crippen LogP contribution in [0.2, 0.25) is 0 Å². The number of ether oxygens (including phenoxy) is 1. The Morgan fingerprint density at radius 2 is 1.29 bits per heavy atom. The molecule has 0 aliphatic carbocycles.